The molecule has 0 aliphatic heterocycles. The fraction of sp³-hybridized carbons (Fsp3) is 0.611. The Labute approximate surface area is 136 Å². The zero-order valence-electron chi connectivity index (χ0n) is 13.9. The topological polar surface area (TPSA) is 59.8 Å². The highest BCUT2D eigenvalue weighted by atomic mass is 16.1. The first-order valence-corrected chi connectivity index (χ1v) is 8.70. The summed E-state index contributed by atoms with van der Waals surface area (Å²) in [5.74, 6) is 0.750. The Morgan fingerprint density at radius 1 is 1.35 bits per heavy atom. The highest BCUT2D eigenvalue weighted by Gasteiger charge is 2.37. The van der Waals surface area contributed by atoms with Crippen molar-refractivity contribution in [1.29, 1.82) is 0 Å². The van der Waals surface area contributed by atoms with E-state index in [-0.39, 0.29) is 5.91 Å². The summed E-state index contributed by atoms with van der Waals surface area (Å²) in [6, 6.07) is 4.39. The molecule has 0 radical (unpaired) electrons. The number of aromatic nitrogens is 3. The molecule has 5 nitrogen and oxygen atoms in total. The zero-order chi connectivity index (χ0) is 16.0. The van der Waals surface area contributed by atoms with Crippen molar-refractivity contribution < 1.29 is 4.79 Å². The minimum absolute atomic E-state index is 0.0747. The van der Waals surface area contributed by atoms with Crippen LogP contribution in [-0.4, -0.2) is 20.4 Å². The van der Waals surface area contributed by atoms with Crippen LogP contribution in [-0.2, 0) is 4.79 Å². The minimum atomic E-state index is 0.0747. The molecular weight excluding hydrogens is 288 g/mol. The quantitative estimate of drug-likeness (QED) is 0.908. The summed E-state index contributed by atoms with van der Waals surface area (Å²) in [5, 5.41) is 3.04. The molecule has 2 aromatic rings. The van der Waals surface area contributed by atoms with E-state index in [2.05, 4.69) is 26.8 Å². The Bertz CT molecular complexity index is 756. The van der Waals surface area contributed by atoms with Gasteiger partial charge in [0.15, 0.2) is 5.65 Å². The van der Waals surface area contributed by atoms with Crippen molar-refractivity contribution >= 4 is 23.0 Å². The van der Waals surface area contributed by atoms with Crippen LogP contribution in [0.15, 0.2) is 12.1 Å². The number of carbonyl (C=O) groups is 1. The van der Waals surface area contributed by atoms with Gasteiger partial charge in [0.25, 0.3) is 0 Å². The molecule has 2 aromatic heterocycles. The molecule has 0 aromatic carbocycles. The number of carbonyl (C=O) groups excluding carboxylic acids is 1. The molecule has 122 valence electrons. The van der Waals surface area contributed by atoms with Crippen LogP contribution in [0.4, 0.5) is 5.95 Å². The summed E-state index contributed by atoms with van der Waals surface area (Å²) in [6.45, 7) is 4.25. The molecule has 1 N–H and O–H groups in total. The van der Waals surface area contributed by atoms with Crippen molar-refractivity contribution in [3.8, 4) is 0 Å². The number of nitrogens with zero attached hydrogens (tertiary/aromatic N) is 3. The number of fused-ring (bicyclic) bond motifs is 1. The number of nitrogens with one attached hydrogen (secondary N) is 1. The number of amides is 1. The molecule has 4 rings (SSSR count). The first-order valence-electron chi connectivity index (χ1n) is 8.70. The first-order chi connectivity index (χ1) is 11.0. The molecule has 0 atom stereocenters. The van der Waals surface area contributed by atoms with E-state index in [0.717, 1.165) is 36.1 Å². The average molecular weight is 312 g/mol. The molecule has 0 spiro atoms. The van der Waals surface area contributed by atoms with E-state index in [1.54, 1.807) is 0 Å². The molecule has 2 heterocycles. The van der Waals surface area contributed by atoms with Crippen LogP contribution in [0.3, 0.4) is 0 Å². The van der Waals surface area contributed by atoms with Crippen LogP contribution in [0.1, 0.15) is 63.6 Å². The number of anilines is 1. The van der Waals surface area contributed by atoms with E-state index < -0.39 is 0 Å². The van der Waals surface area contributed by atoms with Gasteiger partial charge in [-0.05, 0) is 63.0 Å². The largest absolute Gasteiger partial charge is 0.296 e. The molecule has 2 aliphatic rings. The van der Waals surface area contributed by atoms with E-state index in [4.69, 9.17) is 0 Å². The molecule has 2 aliphatic carbocycles. The maximum Gasteiger partial charge on any atom is 0.226 e. The molecule has 0 saturated heterocycles. The maximum absolute atomic E-state index is 12.3. The average Bonchev–Trinajstić information content (AvgIpc) is 3.11. The van der Waals surface area contributed by atoms with Gasteiger partial charge >= 0.3 is 0 Å². The van der Waals surface area contributed by atoms with E-state index in [1.807, 2.05) is 19.1 Å². The second-order valence-corrected chi connectivity index (χ2v) is 7.54. The third kappa shape index (κ3) is 2.84. The Morgan fingerprint density at radius 2 is 2.13 bits per heavy atom. The zero-order valence-corrected chi connectivity index (χ0v) is 13.9. The Balaban J connectivity index is 1.59. The van der Waals surface area contributed by atoms with Crippen LogP contribution < -0.4 is 5.32 Å². The van der Waals surface area contributed by atoms with Gasteiger partial charge in [-0.25, -0.2) is 9.97 Å². The van der Waals surface area contributed by atoms with Crippen LogP contribution in [0.2, 0.25) is 0 Å². The molecule has 1 amide bonds. The molecule has 0 unspecified atom stereocenters. The standard InChI is InChI=1S/C18H24N4O/c1-12-6-7-14-16(19-12)22(13-4-3-5-13)17(20-14)21-15(23)8-9-18(2)10-11-18/h6-7,13H,3-5,8-11H2,1-2H3,(H,20,21,23). The van der Waals surface area contributed by atoms with Gasteiger partial charge in [-0.15, -0.1) is 0 Å². The Kier molecular flexibility index (Phi) is 3.39. The third-order valence-electron chi connectivity index (χ3n) is 5.43. The van der Waals surface area contributed by atoms with Gasteiger partial charge in [0.05, 0.1) is 0 Å². The summed E-state index contributed by atoms with van der Waals surface area (Å²) in [7, 11) is 0. The number of imidazole rings is 1. The molecule has 2 saturated carbocycles. The lowest BCUT2D eigenvalue weighted by atomic mass is 9.93. The SMILES string of the molecule is Cc1ccc2nc(NC(=O)CCC3(C)CC3)n(C3CCC3)c2n1. The fourth-order valence-electron chi connectivity index (χ4n) is 3.21. The van der Waals surface area contributed by atoms with Crippen molar-refractivity contribution in [2.45, 2.75) is 64.8 Å². The highest BCUT2D eigenvalue weighted by Crippen LogP contribution is 2.48. The predicted octanol–water partition coefficient (Wildman–Crippen LogP) is 3.98. The summed E-state index contributed by atoms with van der Waals surface area (Å²) >= 11 is 0. The Morgan fingerprint density at radius 3 is 2.78 bits per heavy atom. The fourth-order valence-corrected chi connectivity index (χ4v) is 3.21. The van der Waals surface area contributed by atoms with Gasteiger partial charge in [-0.2, -0.15) is 0 Å². The van der Waals surface area contributed by atoms with Crippen LogP contribution in [0.5, 0.6) is 0 Å². The summed E-state index contributed by atoms with van der Waals surface area (Å²) in [4.78, 5) is 21.6. The number of aryl methyl sites for hydroxylation is 1. The van der Waals surface area contributed by atoms with Crippen molar-refractivity contribution in [3.05, 3.63) is 17.8 Å². The summed E-state index contributed by atoms with van der Waals surface area (Å²) < 4.78 is 2.14. The van der Waals surface area contributed by atoms with Crippen molar-refractivity contribution in [2.24, 2.45) is 5.41 Å². The van der Waals surface area contributed by atoms with Gasteiger partial charge < -0.3 is 0 Å². The highest BCUT2D eigenvalue weighted by molar-refractivity contribution is 5.91. The summed E-state index contributed by atoms with van der Waals surface area (Å²) in [5.41, 5.74) is 3.16. The smallest absolute Gasteiger partial charge is 0.226 e. The molecule has 5 heteroatoms. The van der Waals surface area contributed by atoms with Crippen LogP contribution in [0.25, 0.3) is 11.2 Å². The van der Waals surface area contributed by atoms with Crippen LogP contribution in [0, 0.1) is 12.3 Å². The second-order valence-electron chi connectivity index (χ2n) is 7.54. The number of hydrogen-bond donors (Lipinski definition) is 1. The third-order valence-corrected chi connectivity index (χ3v) is 5.43. The van der Waals surface area contributed by atoms with Crippen LogP contribution >= 0.6 is 0 Å². The number of rotatable bonds is 5. The van der Waals surface area contributed by atoms with E-state index >= 15 is 0 Å². The van der Waals surface area contributed by atoms with Gasteiger partial charge in [0.2, 0.25) is 11.9 Å². The lowest BCUT2D eigenvalue weighted by Crippen LogP contribution is -2.22. The van der Waals surface area contributed by atoms with Gasteiger partial charge in [0.1, 0.15) is 5.52 Å². The molecule has 23 heavy (non-hydrogen) atoms. The molecule has 2 fully saturated rings. The number of hydrogen-bond acceptors (Lipinski definition) is 3. The van der Waals surface area contributed by atoms with Gasteiger partial charge in [0, 0.05) is 18.2 Å². The van der Waals surface area contributed by atoms with Crippen molar-refractivity contribution in [3.63, 3.8) is 0 Å². The Hall–Kier alpha value is -1.91. The normalized spacial score (nSPS) is 19.6. The lowest BCUT2D eigenvalue weighted by Gasteiger charge is -2.28. The van der Waals surface area contributed by atoms with E-state index in [1.165, 1.54) is 19.3 Å². The van der Waals surface area contributed by atoms with Crippen molar-refractivity contribution in [1.82, 2.24) is 14.5 Å². The molecule has 0 bridgehead atoms. The van der Waals surface area contributed by atoms with E-state index in [0.29, 0.717) is 23.8 Å². The maximum atomic E-state index is 12.3. The predicted molar refractivity (Wildman–Crippen MR) is 90.4 cm³/mol. The van der Waals surface area contributed by atoms with Gasteiger partial charge in [-0.3, -0.25) is 14.7 Å². The lowest BCUT2D eigenvalue weighted by molar-refractivity contribution is -0.116. The molecular formula is C18H24N4O. The van der Waals surface area contributed by atoms with E-state index in [9.17, 15) is 4.79 Å². The summed E-state index contributed by atoms with van der Waals surface area (Å²) in [6.07, 6.45) is 7.58. The van der Waals surface area contributed by atoms with Gasteiger partial charge in [-0.1, -0.05) is 6.92 Å². The van der Waals surface area contributed by atoms with Crippen molar-refractivity contribution in [2.75, 3.05) is 5.32 Å². The number of pyridine rings is 1. The minimum Gasteiger partial charge on any atom is -0.296 e. The second kappa shape index (κ2) is 5.32. The first kappa shape index (κ1) is 14.7. The monoisotopic (exact) mass is 312 g/mol.